The van der Waals surface area contributed by atoms with Crippen LogP contribution in [-0.4, -0.2) is 54.2 Å². The molecule has 0 fully saturated rings. The first kappa shape index (κ1) is 23.9. The van der Waals surface area contributed by atoms with Gasteiger partial charge in [0.2, 0.25) is 5.91 Å². The summed E-state index contributed by atoms with van der Waals surface area (Å²) in [6.45, 7) is 4.54. The maximum Gasteiger partial charge on any atom is 0.220 e. The van der Waals surface area contributed by atoms with Crippen molar-refractivity contribution in [1.29, 1.82) is 0 Å². The highest BCUT2D eigenvalue weighted by Gasteiger charge is 2.15. The Balaban J connectivity index is 1.86. The fourth-order valence-electron chi connectivity index (χ4n) is 3.00. The quantitative estimate of drug-likeness (QED) is 0.468. The lowest BCUT2D eigenvalue weighted by atomic mass is 10.1. The Hall–Kier alpha value is -2.41. The zero-order chi connectivity index (χ0) is 21.8. The Morgan fingerprint density at radius 1 is 0.967 bits per heavy atom. The first-order valence-electron chi connectivity index (χ1n) is 10.4. The average Bonchev–Trinajstić information content (AvgIpc) is 2.73. The molecule has 1 unspecified atom stereocenters. The minimum atomic E-state index is -0.515. The second kappa shape index (κ2) is 13.0. The van der Waals surface area contributed by atoms with Gasteiger partial charge in [-0.3, -0.25) is 4.79 Å². The fraction of sp³-hybridized carbons (Fsp3) is 0.458. The van der Waals surface area contributed by atoms with Crippen molar-refractivity contribution in [2.45, 2.75) is 51.4 Å². The van der Waals surface area contributed by atoms with Gasteiger partial charge in [0.05, 0.1) is 38.1 Å². The molecule has 3 N–H and O–H groups in total. The van der Waals surface area contributed by atoms with Crippen molar-refractivity contribution >= 4 is 5.91 Å². The van der Waals surface area contributed by atoms with E-state index in [0.717, 1.165) is 11.1 Å². The number of phenolic OH excluding ortho intramolecular Hbond substituents is 1. The molecule has 6 heteroatoms. The molecule has 164 valence electrons. The van der Waals surface area contributed by atoms with E-state index in [1.807, 2.05) is 49.4 Å². The van der Waals surface area contributed by atoms with Crippen LogP contribution in [0.4, 0.5) is 0 Å². The molecular weight excluding hydrogens is 382 g/mol. The van der Waals surface area contributed by atoms with E-state index in [-0.39, 0.29) is 30.4 Å². The van der Waals surface area contributed by atoms with Crippen molar-refractivity contribution in [2.75, 3.05) is 19.8 Å². The summed E-state index contributed by atoms with van der Waals surface area (Å²) in [5, 5.41) is 21.8. The molecule has 2 rings (SSSR count). The first-order valence-corrected chi connectivity index (χ1v) is 10.4. The van der Waals surface area contributed by atoms with Crippen LogP contribution in [0.25, 0.3) is 0 Å². The number of ether oxygens (including phenoxy) is 2. The lowest BCUT2D eigenvalue weighted by Gasteiger charge is -2.21. The Labute approximate surface area is 178 Å². The number of benzene rings is 2. The largest absolute Gasteiger partial charge is 0.508 e. The summed E-state index contributed by atoms with van der Waals surface area (Å²) < 4.78 is 11.3. The number of phenols is 1. The van der Waals surface area contributed by atoms with Crippen LogP contribution >= 0.6 is 0 Å². The zero-order valence-corrected chi connectivity index (χ0v) is 17.8. The maximum absolute atomic E-state index is 12.5. The number of hydrogen-bond donors (Lipinski definition) is 3. The molecule has 0 radical (unpaired) electrons. The lowest BCUT2D eigenvalue weighted by Crippen LogP contribution is -2.40. The van der Waals surface area contributed by atoms with Gasteiger partial charge in [0, 0.05) is 6.42 Å². The van der Waals surface area contributed by atoms with E-state index in [9.17, 15) is 15.0 Å². The van der Waals surface area contributed by atoms with Crippen molar-refractivity contribution in [3.8, 4) is 5.75 Å². The summed E-state index contributed by atoms with van der Waals surface area (Å²) in [4.78, 5) is 12.5. The number of aryl methyl sites for hydroxylation is 1. The molecule has 0 spiro atoms. The second-order valence-corrected chi connectivity index (χ2v) is 7.65. The van der Waals surface area contributed by atoms with Gasteiger partial charge in [0.25, 0.3) is 0 Å². The van der Waals surface area contributed by atoms with Crippen LogP contribution < -0.4 is 5.32 Å². The predicted octanol–water partition coefficient (Wildman–Crippen LogP) is 2.85. The molecule has 30 heavy (non-hydrogen) atoms. The van der Waals surface area contributed by atoms with E-state index in [1.54, 1.807) is 19.1 Å². The SMILES string of the molecule is C[C@H](O)CO[C@H](C)COCC(Cc1ccc(O)cc1)NC(=O)CCc1ccccc1. The molecule has 6 nitrogen and oxygen atoms in total. The summed E-state index contributed by atoms with van der Waals surface area (Å²) >= 11 is 0. The van der Waals surface area contributed by atoms with Crippen molar-refractivity contribution in [3.05, 3.63) is 65.7 Å². The molecule has 2 aromatic carbocycles. The summed E-state index contributed by atoms with van der Waals surface area (Å²) in [7, 11) is 0. The molecule has 0 saturated heterocycles. The Kier molecular flexibility index (Phi) is 10.3. The van der Waals surface area contributed by atoms with Crippen LogP contribution in [0.3, 0.4) is 0 Å². The van der Waals surface area contributed by atoms with E-state index in [0.29, 0.717) is 32.5 Å². The zero-order valence-electron chi connectivity index (χ0n) is 17.8. The highest BCUT2D eigenvalue weighted by atomic mass is 16.5. The molecule has 0 saturated carbocycles. The second-order valence-electron chi connectivity index (χ2n) is 7.65. The van der Waals surface area contributed by atoms with E-state index < -0.39 is 6.10 Å². The third kappa shape index (κ3) is 9.87. The minimum absolute atomic E-state index is 0.0235. The van der Waals surface area contributed by atoms with Crippen LogP contribution in [-0.2, 0) is 27.1 Å². The number of aromatic hydroxyl groups is 1. The number of carbonyl (C=O) groups is 1. The van der Waals surface area contributed by atoms with E-state index >= 15 is 0 Å². The third-order valence-corrected chi connectivity index (χ3v) is 4.56. The Bertz CT molecular complexity index is 733. The van der Waals surface area contributed by atoms with Crippen molar-refractivity contribution in [3.63, 3.8) is 0 Å². The molecule has 0 aromatic heterocycles. The van der Waals surface area contributed by atoms with Crippen LogP contribution in [0.2, 0.25) is 0 Å². The molecule has 1 amide bonds. The molecule has 0 aliphatic heterocycles. The van der Waals surface area contributed by atoms with Gasteiger partial charge in [-0.1, -0.05) is 42.5 Å². The van der Waals surface area contributed by atoms with Gasteiger partial charge in [-0.05, 0) is 49.9 Å². The molecule has 0 bridgehead atoms. The first-order chi connectivity index (χ1) is 14.4. The van der Waals surface area contributed by atoms with E-state index in [4.69, 9.17) is 9.47 Å². The monoisotopic (exact) mass is 415 g/mol. The Morgan fingerprint density at radius 3 is 2.33 bits per heavy atom. The molecule has 3 atom stereocenters. The minimum Gasteiger partial charge on any atom is -0.508 e. The number of amides is 1. The summed E-state index contributed by atoms with van der Waals surface area (Å²) in [5.74, 6) is 0.187. The van der Waals surface area contributed by atoms with Crippen LogP contribution in [0, 0.1) is 0 Å². The predicted molar refractivity (Wildman–Crippen MR) is 116 cm³/mol. The number of aliphatic hydroxyl groups excluding tert-OH is 1. The highest BCUT2D eigenvalue weighted by Crippen LogP contribution is 2.12. The van der Waals surface area contributed by atoms with Crippen molar-refractivity contribution in [1.82, 2.24) is 5.32 Å². The van der Waals surface area contributed by atoms with E-state index in [1.165, 1.54) is 0 Å². The number of rotatable bonds is 13. The molecule has 0 heterocycles. The lowest BCUT2D eigenvalue weighted by molar-refractivity contribution is -0.122. The van der Waals surface area contributed by atoms with Crippen LogP contribution in [0.1, 0.15) is 31.4 Å². The van der Waals surface area contributed by atoms with Crippen molar-refractivity contribution in [2.24, 2.45) is 0 Å². The van der Waals surface area contributed by atoms with Gasteiger partial charge in [-0.2, -0.15) is 0 Å². The maximum atomic E-state index is 12.5. The molecule has 0 aliphatic carbocycles. The van der Waals surface area contributed by atoms with Gasteiger partial charge in [0.1, 0.15) is 5.75 Å². The van der Waals surface area contributed by atoms with Gasteiger partial charge in [-0.25, -0.2) is 0 Å². The summed E-state index contributed by atoms with van der Waals surface area (Å²) in [5.41, 5.74) is 2.13. The molecule has 0 aliphatic rings. The van der Waals surface area contributed by atoms with E-state index in [2.05, 4.69) is 5.32 Å². The standard InChI is InChI=1S/C24H33NO5/c1-18(26)15-30-19(2)16-29-17-22(14-21-8-11-23(27)12-9-21)25-24(28)13-10-20-6-4-3-5-7-20/h3-9,11-12,18-19,22,26-27H,10,13-17H2,1-2H3,(H,25,28)/t18-,19+,22?/m0/s1. The topological polar surface area (TPSA) is 88.0 Å². The summed E-state index contributed by atoms with van der Waals surface area (Å²) in [6.07, 6.45) is 1.02. The van der Waals surface area contributed by atoms with Gasteiger partial charge in [0.15, 0.2) is 0 Å². The average molecular weight is 416 g/mol. The number of nitrogens with one attached hydrogen (secondary N) is 1. The van der Waals surface area contributed by atoms with Gasteiger partial charge < -0.3 is 25.0 Å². The summed E-state index contributed by atoms with van der Waals surface area (Å²) in [6, 6.07) is 16.7. The highest BCUT2D eigenvalue weighted by molar-refractivity contribution is 5.76. The van der Waals surface area contributed by atoms with Crippen LogP contribution in [0.5, 0.6) is 5.75 Å². The van der Waals surface area contributed by atoms with Crippen molar-refractivity contribution < 1.29 is 24.5 Å². The normalized spacial score (nSPS) is 14.1. The number of carbonyl (C=O) groups excluding carboxylic acids is 1. The number of aliphatic hydroxyl groups is 1. The smallest absolute Gasteiger partial charge is 0.220 e. The van der Waals surface area contributed by atoms with Gasteiger partial charge >= 0.3 is 0 Å². The molecule has 2 aromatic rings. The molecular formula is C24H33NO5. The Morgan fingerprint density at radius 2 is 1.67 bits per heavy atom. The van der Waals surface area contributed by atoms with Crippen LogP contribution in [0.15, 0.2) is 54.6 Å². The third-order valence-electron chi connectivity index (χ3n) is 4.56. The van der Waals surface area contributed by atoms with Gasteiger partial charge in [-0.15, -0.1) is 0 Å². The number of hydrogen-bond acceptors (Lipinski definition) is 5. The fourth-order valence-corrected chi connectivity index (χ4v) is 3.00.